The average Bonchev–Trinajstić information content (AvgIpc) is 3.13. The van der Waals surface area contributed by atoms with Gasteiger partial charge in [-0.1, -0.05) is 257 Å². The lowest BCUT2D eigenvalue weighted by molar-refractivity contribution is 0.592. The number of aromatic nitrogens is 4. The van der Waals surface area contributed by atoms with Crippen molar-refractivity contribution in [1.29, 1.82) is 0 Å². The van der Waals surface area contributed by atoms with Crippen LogP contribution in [0.2, 0.25) is 40.2 Å². The van der Waals surface area contributed by atoms with Crippen LogP contribution in [0.3, 0.4) is 0 Å². The molecule has 0 fully saturated rings. The number of fused-ring (bicyclic) bond motifs is 4. The Bertz CT molecular complexity index is 4760. The normalized spacial score (nSPS) is 11.2. The number of pyridine rings is 4. The molecule has 21 heteroatoms. The molecule has 0 aliphatic carbocycles. The van der Waals surface area contributed by atoms with E-state index in [0.29, 0.717) is 48.3 Å². The van der Waals surface area contributed by atoms with E-state index in [0.717, 1.165) is 74.6 Å². The second-order valence-corrected chi connectivity index (χ2v) is 26.9. The van der Waals surface area contributed by atoms with Gasteiger partial charge in [-0.3, -0.25) is 14.4 Å². The first kappa shape index (κ1) is 64.6. The summed E-state index contributed by atoms with van der Waals surface area (Å²) in [5.74, 6) is 1.92. The predicted octanol–water partition coefficient (Wildman–Crippen LogP) is 20.2. The maximum Gasteiger partial charge on any atom is 0.268 e. The van der Waals surface area contributed by atoms with Gasteiger partial charge < -0.3 is 15.0 Å². The fraction of sp³-hybridized carbons (Fsp3) is 0.0769. The van der Waals surface area contributed by atoms with Gasteiger partial charge in [0.05, 0.1) is 26.5 Å². The van der Waals surface area contributed by atoms with Crippen LogP contribution in [0.5, 0.6) is 0 Å². The van der Waals surface area contributed by atoms with Crippen molar-refractivity contribution in [3.8, 4) is 0 Å². The number of aryl methyl sites for hydroxylation is 1. The lowest BCUT2D eigenvalue weighted by Crippen LogP contribution is -2.16. The molecule has 0 saturated heterocycles. The fourth-order valence-electron chi connectivity index (χ4n) is 8.73. The van der Waals surface area contributed by atoms with E-state index in [1.807, 2.05) is 97.9 Å². The summed E-state index contributed by atoms with van der Waals surface area (Å²) in [5, 5.41) is 12.2. The number of thioether (sulfide) groups is 3. The van der Waals surface area contributed by atoms with Crippen molar-refractivity contribution in [1.82, 2.24) is 19.9 Å². The molecule has 0 bridgehead atoms. The van der Waals surface area contributed by atoms with Crippen LogP contribution in [0, 0.1) is 6.92 Å². The summed E-state index contributed by atoms with van der Waals surface area (Å²) in [6.07, 6.45) is 0. The molecule has 436 valence electrons. The van der Waals surface area contributed by atoms with Crippen LogP contribution in [0.25, 0.3) is 43.1 Å². The van der Waals surface area contributed by atoms with E-state index in [1.54, 1.807) is 90.3 Å². The highest BCUT2D eigenvalue weighted by molar-refractivity contribution is 7.99. The molecule has 86 heavy (non-hydrogen) atoms. The molecular formula is C65H46Cl8N4O5S4. The average molecular weight is 1370 g/mol. The predicted molar refractivity (Wildman–Crippen MR) is 366 cm³/mol. The molecule has 0 saturated carbocycles. The molecule has 0 aliphatic heterocycles. The van der Waals surface area contributed by atoms with Crippen molar-refractivity contribution in [3.63, 3.8) is 0 Å². The van der Waals surface area contributed by atoms with E-state index < -0.39 is 15.4 Å². The van der Waals surface area contributed by atoms with Crippen molar-refractivity contribution in [2.45, 2.75) is 50.0 Å². The third kappa shape index (κ3) is 15.9. The summed E-state index contributed by atoms with van der Waals surface area (Å²) in [7, 11) is -3.80. The van der Waals surface area contributed by atoms with Crippen LogP contribution in [0.1, 0.15) is 27.9 Å². The van der Waals surface area contributed by atoms with Gasteiger partial charge in [-0.25, -0.2) is 13.4 Å². The largest absolute Gasteiger partial charge is 0.315 e. The highest BCUT2D eigenvalue weighted by Crippen LogP contribution is 2.37. The Balaban J connectivity index is 0.000000137. The Hall–Kier alpha value is -5.88. The van der Waals surface area contributed by atoms with Gasteiger partial charge in [-0.15, -0.1) is 35.3 Å². The van der Waals surface area contributed by atoms with Gasteiger partial charge in [-0.05, 0) is 59.5 Å². The summed E-state index contributed by atoms with van der Waals surface area (Å²) in [5.41, 5.74) is 3.48. The van der Waals surface area contributed by atoms with Crippen molar-refractivity contribution < 1.29 is 8.42 Å². The lowest BCUT2D eigenvalue weighted by atomic mass is 10.1. The topological polar surface area (TPSA) is 146 Å². The Kier molecular flexibility index (Phi) is 22.4. The van der Waals surface area contributed by atoms with Gasteiger partial charge >= 0.3 is 0 Å². The van der Waals surface area contributed by atoms with Gasteiger partial charge in [0.1, 0.15) is 25.1 Å². The van der Waals surface area contributed by atoms with Crippen LogP contribution in [-0.4, -0.2) is 28.4 Å². The number of hydrogen-bond acceptors (Lipinski definition) is 9. The van der Waals surface area contributed by atoms with E-state index in [2.05, 4.69) is 56.3 Å². The molecule has 4 heterocycles. The number of halogens is 8. The molecule has 4 aromatic heterocycles. The quantitative estimate of drug-likeness (QED) is 0.102. The van der Waals surface area contributed by atoms with Gasteiger partial charge in [-0.2, -0.15) is 0 Å². The van der Waals surface area contributed by atoms with E-state index in [1.165, 1.54) is 17.3 Å². The van der Waals surface area contributed by atoms with Gasteiger partial charge in [0.25, 0.3) is 16.7 Å². The molecule has 12 rings (SSSR count). The molecule has 0 unspecified atom stereocenters. The molecular weight excluding hydrogens is 1330 g/mol. The van der Waals surface area contributed by atoms with Gasteiger partial charge in [0.2, 0.25) is 0 Å². The second kappa shape index (κ2) is 29.9. The number of H-pyrrole nitrogens is 3. The van der Waals surface area contributed by atoms with E-state index in [-0.39, 0.29) is 37.0 Å². The molecule has 0 amide bonds. The smallest absolute Gasteiger partial charge is 0.268 e. The zero-order chi connectivity index (χ0) is 61.1. The number of aromatic amines is 3. The van der Waals surface area contributed by atoms with Gasteiger partial charge in [0, 0.05) is 80.4 Å². The summed E-state index contributed by atoms with van der Waals surface area (Å²) >= 11 is 53.7. The van der Waals surface area contributed by atoms with Crippen molar-refractivity contribution in [3.05, 3.63) is 293 Å². The van der Waals surface area contributed by atoms with Crippen molar-refractivity contribution in [2.24, 2.45) is 0 Å². The lowest BCUT2D eigenvalue weighted by Gasteiger charge is -2.10. The standard InChI is InChI=1S/C17H14ClNS.C16H10Cl3NOS.C16H11Cl2NO3S.C16H11Cl2NOS/c1-12-16(18)14-9-5-6-10-15(14)17(19-12)20-11-13-7-3-2-4-8-13;17-10-5-6-11-12(7-10)16(20-15(21)14(11)19)22-8-9-3-1-2-4-13(9)18;17-13-8-4-1-5-10(13)9-23(21,22)16-12-7-3-2-6-11(12)14(18)15(20)19-16;17-13-8-4-1-5-10(13)9-21-16-12-7-3-2-6-11(12)14(18)15(20)19-16/h2-10H,11H2,1H3;1-7H,8H2,(H,20,21);1-8H,9H2,(H,19,20);1-8H,9H2,(H,19,20). The first-order chi connectivity index (χ1) is 41.4. The maximum absolute atomic E-state index is 12.8. The molecule has 3 N–H and O–H groups in total. The molecule has 0 radical (unpaired) electrons. The zero-order valence-corrected chi connectivity index (χ0v) is 54.3. The highest BCUT2D eigenvalue weighted by Gasteiger charge is 2.23. The summed E-state index contributed by atoms with van der Waals surface area (Å²) in [6, 6.07) is 60.1. The SMILES string of the molecule is Cc1nc(SCc2ccccc2)c2ccccc2c1Cl.O=c1[nH]c(S(=O)(=O)Cc2ccccc2Cl)c2ccccc2c1Cl.O=c1[nH]c(SCc2ccccc2Cl)c2cc(Cl)ccc2c1Cl.O=c1[nH]c(SCc2ccccc2Cl)c2ccccc2c1Cl. The van der Waals surface area contributed by atoms with Crippen LogP contribution in [0.4, 0.5) is 0 Å². The van der Waals surface area contributed by atoms with E-state index in [9.17, 15) is 22.8 Å². The molecule has 0 aliphatic rings. The van der Waals surface area contributed by atoms with Crippen LogP contribution >= 0.6 is 128 Å². The number of nitrogens with zero attached hydrogens (tertiary/aromatic N) is 1. The number of rotatable bonds is 12. The first-order valence-corrected chi connectivity index (χ1v) is 33.5. The van der Waals surface area contributed by atoms with Crippen LogP contribution < -0.4 is 16.7 Å². The molecule has 0 spiro atoms. The number of hydrogen-bond donors (Lipinski definition) is 3. The monoisotopic (exact) mass is 1370 g/mol. The molecule has 12 aromatic rings. The second-order valence-electron chi connectivity index (χ2n) is 18.8. The number of sulfone groups is 1. The molecule has 8 aromatic carbocycles. The zero-order valence-electron chi connectivity index (χ0n) is 44.9. The third-order valence-corrected chi connectivity index (χ3v) is 20.8. The Morgan fingerprint density at radius 3 is 1.34 bits per heavy atom. The number of nitrogens with one attached hydrogen (secondary N) is 3. The van der Waals surface area contributed by atoms with E-state index >= 15 is 0 Å². The van der Waals surface area contributed by atoms with Crippen LogP contribution in [-0.2, 0) is 32.8 Å². The summed E-state index contributed by atoms with van der Waals surface area (Å²) < 4.78 is 25.5. The third-order valence-electron chi connectivity index (χ3n) is 13.0. The molecule has 9 nitrogen and oxygen atoms in total. The van der Waals surface area contributed by atoms with Crippen LogP contribution in [0.15, 0.2) is 229 Å². The van der Waals surface area contributed by atoms with E-state index in [4.69, 9.17) is 92.8 Å². The minimum absolute atomic E-state index is 0.0303. The summed E-state index contributed by atoms with van der Waals surface area (Å²) in [6.45, 7) is 1.96. The molecule has 0 atom stereocenters. The Morgan fingerprint density at radius 1 is 0.395 bits per heavy atom. The minimum atomic E-state index is -3.80. The maximum atomic E-state index is 12.8. The highest BCUT2D eigenvalue weighted by atomic mass is 35.5. The van der Waals surface area contributed by atoms with Gasteiger partial charge in [0.15, 0.2) is 9.84 Å². The Labute approximate surface area is 547 Å². The minimum Gasteiger partial charge on any atom is -0.315 e. The first-order valence-electron chi connectivity index (χ1n) is 25.9. The Morgan fingerprint density at radius 2 is 0.802 bits per heavy atom. The van der Waals surface area contributed by atoms with Crippen molar-refractivity contribution >= 4 is 181 Å². The van der Waals surface area contributed by atoms with Crippen molar-refractivity contribution in [2.75, 3.05) is 0 Å². The summed E-state index contributed by atoms with van der Waals surface area (Å²) in [4.78, 5) is 48.5. The fourth-order valence-corrected chi connectivity index (χ4v) is 15.3. The number of benzene rings is 8.